The van der Waals surface area contributed by atoms with Crippen LogP contribution < -0.4 is 0 Å². The van der Waals surface area contributed by atoms with E-state index in [0.29, 0.717) is 16.8 Å². The minimum atomic E-state index is 0.0573. The highest BCUT2D eigenvalue weighted by Gasteiger charge is 2.20. The SMILES string of the molecule is O=C(CSC1COC1)c1ccco1. The zero-order valence-electron chi connectivity index (χ0n) is 7.06. The molecule has 70 valence electrons. The van der Waals surface area contributed by atoms with E-state index in [1.165, 1.54) is 6.26 Å². The molecule has 1 aliphatic heterocycles. The van der Waals surface area contributed by atoms with Crippen LogP contribution in [-0.4, -0.2) is 30.0 Å². The molecule has 2 heterocycles. The van der Waals surface area contributed by atoms with E-state index in [0.717, 1.165) is 13.2 Å². The Labute approximate surface area is 80.4 Å². The predicted octanol–water partition coefficient (Wildman–Crippen LogP) is 1.59. The molecule has 13 heavy (non-hydrogen) atoms. The molecule has 0 amide bonds. The molecule has 0 saturated carbocycles. The van der Waals surface area contributed by atoms with E-state index in [-0.39, 0.29) is 5.78 Å². The van der Waals surface area contributed by atoms with Crippen molar-refractivity contribution in [1.82, 2.24) is 0 Å². The summed E-state index contributed by atoms with van der Waals surface area (Å²) in [5, 5.41) is 0.499. The molecule has 1 saturated heterocycles. The molecule has 1 aromatic heterocycles. The number of ketones is 1. The van der Waals surface area contributed by atoms with Crippen LogP contribution in [0.5, 0.6) is 0 Å². The zero-order valence-corrected chi connectivity index (χ0v) is 7.88. The van der Waals surface area contributed by atoms with Crippen LogP contribution in [0.15, 0.2) is 22.8 Å². The first-order valence-corrected chi connectivity index (χ1v) is 5.17. The summed E-state index contributed by atoms with van der Waals surface area (Å²) >= 11 is 1.63. The lowest BCUT2D eigenvalue weighted by atomic mass is 10.3. The summed E-state index contributed by atoms with van der Waals surface area (Å²) in [4.78, 5) is 11.4. The average Bonchev–Trinajstić information content (AvgIpc) is 2.52. The molecular formula is C9H10O3S. The Kier molecular flexibility index (Phi) is 2.71. The second kappa shape index (κ2) is 3.98. The number of carbonyl (C=O) groups excluding carboxylic acids is 1. The maximum atomic E-state index is 11.4. The third-order valence-corrected chi connectivity index (χ3v) is 3.03. The number of furan rings is 1. The van der Waals surface area contributed by atoms with Crippen LogP contribution in [0, 0.1) is 0 Å². The van der Waals surface area contributed by atoms with Crippen LogP contribution >= 0.6 is 11.8 Å². The monoisotopic (exact) mass is 198 g/mol. The van der Waals surface area contributed by atoms with Gasteiger partial charge in [0.2, 0.25) is 5.78 Å². The van der Waals surface area contributed by atoms with Crippen LogP contribution in [0.2, 0.25) is 0 Å². The highest BCUT2D eigenvalue weighted by atomic mass is 32.2. The summed E-state index contributed by atoms with van der Waals surface area (Å²) in [5.74, 6) is 0.997. The van der Waals surface area contributed by atoms with Gasteiger partial charge in [0.05, 0.1) is 30.5 Å². The Hall–Kier alpha value is -0.740. The molecule has 1 fully saturated rings. The van der Waals surface area contributed by atoms with Crippen molar-refractivity contribution in [2.75, 3.05) is 19.0 Å². The van der Waals surface area contributed by atoms with Crippen molar-refractivity contribution in [2.45, 2.75) is 5.25 Å². The standard InChI is InChI=1S/C9H10O3S/c10-8(9-2-1-3-12-9)6-13-7-4-11-5-7/h1-3,7H,4-6H2. The lowest BCUT2D eigenvalue weighted by Crippen LogP contribution is -2.31. The summed E-state index contributed by atoms with van der Waals surface area (Å²) in [6.07, 6.45) is 1.52. The molecule has 4 heteroatoms. The van der Waals surface area contributed by atoms with Crippen molar-refractivity contribution >= 4 is 17.5 Å². The minimum absolute atomic E-state index is 0.0573. The van der Waals surface area contributed by atoms with Crippen LogP contribution in [0.1, 0.15) is 10.6 Å². The number of thioether (sulfide) groups is 1. The van der Waals surface area contributed by atoms with E-state index in [4.69, 9.17) is 9.15 Å². The van der Waals surface area contributed by atoms with Crippen molar-refractivity contribution in [3.8, 4) is 0 Å². The fourth-order valence-electron chi connectivity index (χ4n) is 1.01. The first kappa shape index (κ1) is 8.84. The molecule has 0 bridgehead atoms. The average molecular weight is 198 g/mol. The van der Waals surface area contributed by atoms with Crippen molar-refractivity contribution in [1.29, 1.82) is 0 Å². The third kappa shape index (κ3) is 2.14. The van der Waals surface area contributed by atoms with Gasteiger partial charge in [0.15, 0.2) is 5.76 Å². The summed E-state index contributed by atoms with van der Waals surface area (Å²) in [6.45, 7) is 1.55. The van der Waals surface area contributed by atoms with Gasteiger partial charge in [-0.05, 0) is 12.1 Å². The van der Waals surface area contributed by atoms with E-state index >= 15 is 0 Å². The Bertz CT molecular complexity index is 277. The predicted molar refractivity (Wildman–Crippen MR) is 50.1 cm³/mol. The maximum absolute atomic E-state index is 11.4. The van der Waals surface area contributed by atoms with Crippen molar-refractivity contribution in [3.05, 3.63) is 24.2 Å². The number of carbonyl (C=O) groups is 1. The number of hydrogen-bond acceptors (Lipinski definition) is 4. The van der Waals surface area contributed by atoms with E-state index in [9.17, 15) is 4.79 Å². The van der Waals surface area contributed by atoms with Crippen LogP contribution in [0.4, 0.5) is 0 Å². The molecule has 0 aromatic carbocycles. The van der Waals surface area contributed by atoms with E-state index in [1.54, 1.807) is 23.9 Å². The molecule has 0 aliphatic carbocycles. The molecular weight excluding hydrogens is 188 g/mol. The van der Waals surface area contributed by atoms with Gasteiger partial charge in [-0.15, -0.1) is 11.8 Å². The Morgan fingerprint density at radius 1 is 1.62 bits per heavy atom. The quantitative estimate of drug-likeness (QED) is 0.689. The lowest BCUT2D eigenvalue weighted by Gasteiger charge is -2.24. The molecule has 0 N–H and O–H groups in total. The van der Waals surface area contributed by atoms with E-state index in [2.05, 4.69) is 0 Å². The van der Waals surface area contributed by atoms with Gasteiger partial charge in [0.25, 0.3) is 0 Å². The van der Waals surface area contributed by atoms with Gasteiger partial charge in [-0.25, -0.2) is 0 Å². The smallest absolute Gasteiger partial charge is 0.207 e. The Morgan fingerprint density at radius 2 is 2.46 bits per heavy atom. The number of rotatable bonds is 4. The summed E-state index contributed by atoms with van der Waals surface area (Å²) in [6, 6.07) is 3.42. The molecule has 0 atom stereocenters. The van der Waals surface area contributed by atoms with Gasteiger partial charge >= 0.3 is 0 Å². The topological polar surface area (TPSA) is 39.4 Å². The molecule has 0 spiro atoms. The maximum Gasteiger partial charge on any atom is 0.207 e. The van der Waals surface area contributed by atoms with Gasteiger partial charge in [0.1, 0.15) is 0 Å². The second-order valence-corrected chi connectivity index (χ2v) is 4.16. The summed E-state index contributed by atoms with van der Waals surface area (Å²) in [5.41, 5.74) is 0. The van der Waals surface area contributed by atoms with E-state index < -0.39 is 0 Å². The zero-order chi connectivity index (χ0) is 9.10. The molecule has 1 aliphatic rings. The fourth-order valence-corrected chi connectivity index (χ4v) is 1.93. The minimum Gasteiger partial charge on any atom is -0.461 e. The normalized spacial score (nSPS) is 16.9. The molecule has 1 aromatic rings. The third-order valence-electron chi connectivity index (χ3n) is 1.85. The first-order chi connectivity index (χ1) is 6.36. The van der Waals surface area contributed by atoms with Gasteiger partial charge in [-0.2, -0.15) is 0 Å². The van der Waals surface area contributed by atoms with Gasteiger partial charge in [0, 0.05) is 0 Å². The lowest BCUT2D eigenvalue weighted by molar-refractivity contribution is 0.0455. The Balaban J connectivity index is 1.78. The summed E-state index contributed by atoms with van der Waals surface area (Å²) < 4.78 is 9.99. The highest BCUT2D eigenvalue weighted by Crippen LogP contribution is 2.20. The van der Waals surface area contributed by atoms with Gasteiger partial charge < -0.3 is 9.15 Å². The van der Waals surface area contributed by atoms with Crippen LogP contribution in [0.25, 0.3) is 0 Å². The fraction of sp³-hybridized carbons (Fsp3) is 0.444. The van der Waals surface area contributed by atoms with Crippen molar-refractivity contribution in [2.24, 2.45) is 0 Å². The van der Waals surface area contributed by atoms with Crippen molar-refractivity contribution < 1.29 is 13.9 Å². The number of hydrogen-bond donors (Lipinski definition) is 0. The molecule has 0 radical (unpaired) electrons. The van der Waals surface area contributed by atoms with E-state index in [1.807, 2.05) is 0 Å². The van der Waals surface area contributed by atoms with Crippen molar-refractivity contribution in [3.63, 3.8) is 0 Å². The van der Waals surface area contributed by atoms with Gasteiger partial charge in [-0.1, -0.05) is 0 Å². The van der Waals surface area contributed by atoms with Crippen LogP contribution in [0.3, 0.4) is 0 Å². The first-order valence-electron chi connectivity index (χ1n) is 4.12. The molecule has 0 unspecified atom stereocenters. The largest absolute Gasteiger partial charge is 0.461 e. The number of ether oxygens (including phenoxy) is 1. The molecule has 2 rings (SSSR count). The Morgan fingerprint density at radius 3 is 3.00 bits per heavy atom. The second-order valence-electron chi connectivity index (χ2n) is 2.87. The number of Topliss-reactive ketones (excluding diaryl/α,β-unsaturated/α-hetero) is 1. The molecule has 3 nitrogen and oxygen atoms in total. The van der Waals surface area contributed by atoms with Crippen LogP contribution in [-0.2, 0) is 4.74 Å². The summed E-state index contributed by atoms with van der Waals surface area (Å²) in [7, 11) is 0. The van der Waals surface area contributed by atoms with Gasteiger partial charge in [-0.3, -0.25) is 4.79 Å². The highest BCUT2D eigenvalue weighted by molar-refractivity contribution is 8.00.